The Labute approximate surface area is 217 Å². The average Bonchev–Trinajstić information content (AvgIpc) is 2.82. The molecule has 10 heteroatoms. The van der Waals surface area contributed by atoms with E-state index >= 15 is 0 Å². The molecule has 0 aromatic heterocycles. The maximum Gasteiger partial charge on any atom is 0.255 e. The van der Waals surface area contributed by atoms with Crippen molar-refractivity contribution >= 4 is 34.8 Å². The lowest BCUT2D eigenvalue weighted by Gasteiger charge is -2.50. The van der Waals surface area contributed by atoms with Gasteiger partial charge < -0.3 is 26.2 Å². The van der Waals surface area contributed by atoms with Crippen molar-refractivity contribution in [3.63, 3.8) is 0 Å². The van der Waals surface area contributed by atoms with E-state index in [1.807, 2.05) is 0 Å². The molecule has 3 aliphatic carbocycles. The van der Waals surface area contributed by atoms with E-state index in [2.05, 4.69) is 0 Å². The number of rotatable bonds is 3. The molecule has 0 saturated heterocycles. The van der Waals surface area contributed by atoms with Gasteiger partial charge in [0.15, 0.2) is 11.4 Å². The molecule has 0 unspecified atom stereocenters. The minimum absolute atomic E-state index is 0.0172. The number of benzene rings is 2. The number of likely N-dealkylation sites (N-methyl/N-ethyl adjacent to an activating group) is 1. The van der Waals surface area contributed by atoms with E-state index in [0.717, 1.165) is 0 Å². The predicted molar refractivity (Wildman–Crippen MR) is 135 cm³/mol. The van der Waals surface area contributed by atoms with Gasteiger partial charge in [0, 0.05) is 22.1 Å². The molecule has 2 aromatic rings. The highest BCUT2D eigenvalue weighted by molar-refractivity contribution is 6.33. The van der Waals surface area contributed by atoms with Crippen LogP contribution in [0.2, 0.25) is 5.02 Å². The van der Waals surface area contributed by atoms with Crippen LogP contribution in [-0.4, -0.2) is 68.5 Å². The molecule has 9 nitrogen and oxygen atoms in total. The number of carbonyl (C=O) groups excluding carboxylic acids is 3. The molecule has 0 radical (unpaired) electrons. The van der Waals surface area contributed by atoms with Gasteiger partial charge in [0.2, 0.25) is 5.78 Å². The van der Waals surface area contributed by atoms with Gasteiger partial charge in [0.05, 0.1) is 11.6 Å². The van der Waals surface area contributed by atoms with Crippen LogP contribution in [0.5, 0.6) is 5.75 Å². The molecule has 1 fully saturated rings. The number of hydrogen-bond donors (Lipinski definition) is 5. The van der Waals surface area contributed by atoms with Crippen LogP contribution in [0, 0.1) is 11.8 Å². The average molecular weight is 525 g/mol. The zero-order valence-corrected chi connectivity index (χ0v) is 20.8. The second-order valence-corrected chi connectivity index (χ2v) is 10.3. The molecule has 5 rings (SSSR count). The molecule has 1 amide bonds. The zero-order valence-electron chi connectivity index (χ0n) is 20.0. The molecule has 0 spiro atoms. The van der Waals surface area contributed by atoms with Crippen molar-refractivity contribution in [1.82, 2.24) is 4.90 Å². The summed E-state index contributed by atoms with van der Waals surface area (Å²) in [7, 11) is 3.11. The normalized spacial score (nSPS) is 27.2. The van der Waals surface area contributed by atoms with Crippen molar-refractivity contribution < 1.29 is 34.8 Å². The first-order valence-corrected chi connectivity index (χ1v) is 12.0. The first kappa shape index (κ1) is 25.0. The van der Waals surface area contributed by atoms with Crippen LogP contribution in [0.4, 0.5) is 0 Å². The molecular formula is C27H25ClN2O7. The van der Waals surface area contributed by atoms with Crippen molar-refractivity contribution in [2.75, 3.05) is 14.1 Å². The number of Topliss-reactive ketones (excluding diaryl/α,β-unsaturated/α-hetero) is 2. The largest absolute Gasteiger partial charge is 0.508 e. The number of phenolic OH excluding ortho intramolecular Hbond substituents is 1. The van der Waals surface area contributed by atoms with Crippen LogP contribution < -0.4 is 5.73 Å². The number of halogens is 1. The second-order valence-electron chi connectivity index (χ2n) is 9.93. The summed E-state index contributed by atoms with van der Waals surface area (Å²) in [6, 6.07) is 9.01. The fraction of sp³-hybridized carbons (Fsp3) is 0.296. The molecule has 0 bridgehead atoms. The van der Waals surface area contributed by atoms with Crippen LogP contribution in [0.1, 0.15) is 17.5 Å². The fourth-order valence-corrected chi connectivity index (χ4v) is 6.41. The monoisotopic (exact) mass is 524 g/mol. The quantitative estimate of drug-likeness (QED) is 0.382. The summed E-state index contributed by atoms with van der Waals surface area (Å²) >= 11 is 6.43. The molecule has 0 aliphatic heterocycles. The van der Waals surface area contributed by atoms with Gasteiger partial charge >= 0.3 is 0 Å². The van der Waals surface area contributed by atoms with Gasteiger partial charge in [-0.2, -0.15) is 0 Å². The summed E-state index contributed by atoms with van der Waals surface area (Å²) in [5.74, 6) is -6.84. The third kappa shape index (κ3) is 3.34. The first-order chi connectivity index (χ1) is 17.4. The van der Waals surface area contributed by atoms with Crippen LogP contribution in [0.15, 0.2) is 53.3 Å². The molecule has 3 aliphatic rings. The highest BCUT2D eigenvalue weighted by Crippen LogP contribution is 2.53. The van der Waals surface area contributed by atoms with Gasteiger partial charge in [-0.1, -0.05) is 35.9 Å². The van der Waals surface area contributed by atoms with Gasteiger partial charge in [-0.25, -0.2) is 0 Å². The molecule has 192 valence electrons. The van der Waals surface area contributed by atoms with Crippen LogP contribution in [0.25, 0.3) is 16.9 Å². The predicted octanol–water partition coefficient (Wildman–Crippen LogP) is 2.28. The number of carbonyl (C=O) groups is 3. The number of phenols is 1. The summed E-state index contributed by atoms with van der Waals surface area (Å²) in [6.45, 7) is 0. The lowest BCUT2D eigenvalue weighted by atomic mass is 9.57. The second kappa shape index (κ2) is 8.44. The van der Waals surface area contributed by atoms with E-state index in [-0.39, 0.29) is 29.7 Å². The number of ketones is 2. The lowest BCUT2D eigenvalue weighted by Crippen LogP contribution is -2.65. The van der Waals surface area contributed by atoms with E-state index in [0.29, 0.717) is 21.7 Å². The van der Waals surface area contributed by atoms with Gasteiger partial charge in [-0.15, -0.1) is 0 Å². The molecule has 1 saturated carbocycles. The fourth-order valence-electron chi connectivity index (χ4n) is 6.18. The number of amides is 1. The SMILES string of the molecule is CN(C)[C@H]1C(=O)C(C(N)=O)=C(O)[C@]2(O)C(=O)C3=C(O)c4c(O)ccc(-c5ccccc5Cl)c4C[C@H]3C[C@H]12. The number of primary amides is 1. The standard InChI is InChI=1S/C27H25ClN2O7/c1-30(2)21-15-10-11-9-14-12(13-5-3-4-6-16(13)28)7-8-17(31)19(14)22(32)18(11)24(34)27(15,37)25(35)20(23(21)33)26(29)36/h3-8,11,15,21,31-32,35,37H,9-10H2,1-2H3,(H2,29,36)/t11-,15+,21+,27+/m0/s1. The summed E-state index contributed by atoms with van der Waals surface area (Å²) in [6.07, 6.45) is 0.201. The first-order valence-electron chi connectivity index (χ1n) is 11.7. The Kier molecular flexibility index (Phi) is 5.71. The van der Waals surface area contributed by atoms with Crippen molar-refractivity contribution in [3.8, 4) is 16.9 Å². The Balaban J connectivity index is 1.76. The minimum atomic E-state index is -2.67. The molecular weight excluding hydrogens is 500 g/mol. The summed E-state index contributed by atoms with van der Waals surface area (Å²) in [4.78, 5) is 40.6. The van der Waals surface area contributed by atoms with Crippen molar-refractivity contribution in [3.05, 3.63) is 69.5 Å². The smallest absolute Gasteiger partial charge is 0.255 e. The summed E-state index contributed by atoms with van der Waals surface area (Å²) in [5.41, 5.74) is 3.53. The lowest BCUT2D eigenvalue weighted by molar-refractivity contribution is -0.153. The van der Waals surface area contributed by atoms with E-state index in [1.165, 1.54) is 11.0 Å². The highest BCUT2D eigenvalue weighted by atomic mass is 35.5. The van der Waals surface area contributed by atoms with Gasteiger partial charge in [-0.05, 0) is 56.1 Å². The van der Waals surface area contributed by atoms with Crippen molar-refractivity contribution in [1.29, 1.82) is 0 Å². The van der Waals surface area contributed by atoms with E-state index < -0.39 is 58.0 Å². The number of nitrogens with two attached hydrogens (primary N) is 1. The maximum atomic E-state index is 13.9. The van der Waals surface area contributed by atoms with Gasteiger partial charge in [0.1, 0.15) is 22.8 Å². The highest BCUT2D eigenvalue weighted by Gasteiger charge is 2.64. The number of nitrogens with zero attached hydrogens (tertiary/aromatic N) is 1. The number of aromatic hydroxyl groups is 1. The Hall–Kier alpha value is -3.66. The summed E-state index contributed by atoms with van der Waals surface area (Å²) in [5, 5.41) is 45.0. The molecule has 37 heavy (non-hydrogen) atoms. The number of hydrogen-bond acceptors (Lipinski definition) is 8. The molecule has 4 atom stereocenters. The molecule has 0 heterocycles. The van der Waals surface area contributed by atoms with Gasteiger partial charge in [0.25, 0.3) is 5.91 Å². The Bertz CT molecular complexity index is 1460. The van der Waals surface area contributed by atoms with E-state index in [1.54, 1.807) is 44.4 Å². The minimum Gasteiger partial charge on any atom is -0.508 e. The molecule has 6 N–H and O–H groups in total. The summed E-state index contributed by atoms with van der Waals surface area (Å²) < 4.78 is 0. The number of fused-ring (bicyclic) bond motifs is 3. The van der Waals surface area contributed by atoms with Crippen LogP contribution >= 0.6 is 11.6 Å². The van der Waals surface area contributed by atoms with E-state index in [9.17, 15) is 34.8 Å². The van der Waals surface area contributed by atoms with Crippen molar-refractivity contribution in [2.24, 2.45) is 17.6 Å². The Morgan fingerprint density at radius 1 is 1.08 bits per heavy atom. The number of aliphatic hydroxyl groups excluding tert-OH is 2. The maximum absolute atomic E-state index is 13.9. The Morgan fingerprint density at radius 3 is 2.38 bits per heavy atom. The van der Waals surface area contributed by atoms with E-state index in [4.69, 9.17) is 17.3 Å². The third-order valence-corrected chi connectivity index (χ3v) is 8.10. The number of aliphatic hydroxyl groups is 3. The third-order valence-electron chi connectivity index (χ3n) is 7.77. The topological polar surface area (TPSA) is 161 Å². The van der Waals surface area contributed by atoms with Crippen molar-refractivity contribution in [2.45, 2.75) is 24.5 Å². The zero-order chi connectivity index (χ0) is 27.0. The van der Waals surface area contributed by atoms with Crippen LogP contribution in [-0.2, 0) is 20.8 Å². The molecule has 2 aromatic carbocycles. The van der Waals surface area contributed by atoms with Crippen LogP contribution in [0.3, 0.4) is 0 Å². The van der Waals surface area contributed by atoms with Gasteiger partial charge in [-0.3, -0.25) is 19.3 Å². The Morgan fingerprint density at radius 2 is 1.76 bits per heavy atom.